The molecule has 1 aliphatic carbocycles. The van der Waals surface area contributed by atoms with E-state index in [9.17, 15) is 4.79 Å². The van der Waals surface area contributed by atoms with Crippen molar-refractivity contribution in [1.29, 1.82) is 0 Å². The summed E-state index contributed by atoms with van der Waals surface area (Å²) in [6, 6.07) is 5.43. The molecule has 0 heterocycles. The molecule has 114 valence electrons. The lowest BCUT2D eigenvalue weighted by Gasteiger charge is -2.14. The van der Waals surface area contributed by atoms with Crippen LogP contribution in [-0.2, 0) is 16.1 Å². The molecule has 2 rings (SSSR count). The van der Waals surface area contributed by atoms with Gasteiger partial charge in [0.2, 0.25) is 0 Å². The van der Waals surface area contributed by atoms with Gasteiger partial charge in [0.15, 0.2) is 0 Å². The highest BCUT2D eigenvalue weighted by Crippen LogP contribution is 2.25. The first-order chi connectivity index (χ1) is 10.1. The number of esters is 1. The first kappa shape index (κ1) is 16.2. The van der Waals surface area contributed by atoms with Gasteiger partial charge in [0.1, 0.15) is 0 Å². The van der Waals surface area contributed by atoms with Crippen LogP contribution in [0, 0.1) is 0 Å². The maximum absolute atomic E-state index is 11.9. The summed E-state index contributed by atoms with van der Waals surface area (Å²) in [5.41, 5.74) is 2.70. The van der Waals surface area contributed by atoms with E-state index in [-0.39, 0.29) is 5.97 Å². The van der Waals surface area contributed by atoms with Gasteiger partial charge < -0.3 is 10.1 Å². The summed E-state index contributed by atoms with van der Waals surface area (Å²) in [6.45, 7) is 0.575. The SMILES string of the molecule is COC(=O)C1=C(NCc2ccc(Cl)cc2Cl)CCCCC1. The third kappa shape index (κ3) is 4.39. The molecule has 5 heteroatoms. The highest BCUT2D eigenvalue weighted by Gasteiger charge is 2.18. The molecule has 0 saturated carbocycles. The second kappa shape index (κ2) is 7.71. The molecular formula is C16H19Cl2NO2. The molecule has 0 fully saturated rings. The Balaban J connectivity index is 2.14. The van der Waals surface area contributed by atoms with Crippen molar-refractivity contribution in [2.24, 2.45) is 0 Å². The first-order valence-electron chi connectivity index (χ1n) is 7.10. The number of hydrogen-bond acceptors (Lipinski definition) is 3. The third-order valence-corrected chi connectivity index (χ3v) is 4.24. The molecule has 0 radical (unpaired) electrons. The molecule has 0 aromatic heterocycles. The summed E-state index contributed by atoms with van der Waals surface area (Å²) in [5.74, 6) is -0.235. The van der Waals surface area contributed by atoms with Gasteiger partial charge in [-0.1, -0.05) is 35.7 Å². The number of halogens is 2. The van der Waals surface area contributed by atoms with E-state index in [1.165, 1.54) is 7.11 Å². The molecule has 0 aliphatic heterocycles. The van der Waals surface area contributed by atoms with Crippen LogP contribution in [0.4, 0.5) is 0 Å². The minimum Gasteiger partial charge on any atom is -0.466 e. The second-order valence-corrected chi connectivity index (χ2v) is 5.94. The van der Waals surface area contributed by atoms with Crippen molar-refractivity contribution >= 4 is 29.2 Å². The molecule has 0 atom stereocenters. The van der Waals surface area contributed by atoms with Crippen molar-refractivity contribution in [3.8, 4) is 0 Å². The molecule has 1 N–H and O–H groups in total. The lowest BCUT2D eigenvalue weighted by atomic mass is 10.1. The molecule has 0 spiro atoms. The minimum absolute atomic E-state index is 0.235. The lowest BCUT2D eigenvalue weighted by Crippen LogP contribution is -2.19. The summed E-state index contributed by atoms with van der Waals surface area (Å²) >= 11 is 12.1. The molecule has 0 unspecified atom stereocenters. The molecule has 1 aliphatic rings. The average molecular weight is 328 g/mol. The number of hydrogen-bond donors (Lipinski definition) is 1. The Bertz CT molecular complexity index is 555. The van der Waals surface area contributed by atoms with Gasteiger partial charge in [-0.15, -0.1) is 0 Å². The Morgan fingerprint density at radius 3 is 2.71 bits per heavy atom. The normalized spacial score (nSPS) is 15.6. The summed E-state index contributed by atoms with van der Waals surface area (Å²) < 4.78 is 4.89. The fourth-order valence-electron chi connectivity index (χ4n) is 2.49. The molecular weight excluding hydrogens is 309 g/mol. The number of benzene rings is 1. The zero-order valence-electron chi connectivity index (χ0n) is 12.0. The molecule has 3 nitrogen and oxygen atoms in total. The van der Waals surface area contributed by atoms with Crippen molar-refractivity contribution in [3.63, 3.8) is 0 Å². The van der Waals surface area contributed by atoms with E-state index >= 15 is 0 Å². The maximum atomic E-state index is 11.9. The first-order valence-corrected chi connectivity index (χ1v) is 7.85. The largest absolute Gasteiger partial charge is 0.466 e. The van der Waals surface area contributed by atoms with Crippen LogP contribution in [0.15, 0.2) is 29.5 Å². The van der Waals surface area contributed by atoms with E-state index in [1.54, 1.807) is 6.07 Å². The smallest absolute Gasteiger partial charge is 0.335 e. The molecule has 1 aromatic rings. The highest BCUT2D eigenvalue weighted by atomic mass is 35.5. The van der Waals surface area contributed by atoms with E-state index in [2.05, 4.69) is 5.32 Å². The number of carbonyl (C=O) groups is 1. The molecule has 21 heavy (non-hydrogen) atoms. The highest BCUT2D eigenvalue weighted by molar-refractivity contribution is 6.35. The van der Waals surface area contributed by atoms with Crippen molar-refractivity contribution in [2.75, 3.05) is 7.11 Å². The van der Waals surface area contributed by atoms with Crippen LogP contribution in [0.2, 0.25) is 10.0 Å². The van der Waals surface area contributed by atoms with Crippen LogP contribution in [0.5, 0.6) is 0 Å². The molecule has 1 aromatic carbocycles. The van der Waals surface area contributed by atoms with Crippen LogP contribution in [-0.4, -0.2) is 13.1 Å². The van der Waals surface area contributed by atoms with E-state index < -0.39 is 0 Å². The zero-order valence-corrected chi connectivity index (χ0v) is 13.6. The molecule has 0 bridgehead atoms. The summed E-state index contributed by atoms with van der Waals surface area (Å²) in [7, 11) is 1.42. The zero-order chi connectivity index (χ0) is 15.2. The van der Waals surface area contributed by atoms with Crippen LogP contribution in [0.1, 0.15) is 37.7 Å². The van der Waals surface area contributed by atoms with Crippen molar-refractivity contribution in [3.05, 3.63) is 45.1 Å². The Labute approximate surface area is 135 Å². The quantitative estimate of drug-likeness (QED) is 0.829. The van der Waals surface area contributed by atoms with E-state index in [0.29, 0.717) is 16.6 Å². The van der Waals surface area contributed by atoms with Crippen LogP contribution in [0.25, 0.3) is 0 Å². The van der Waals surface area contributed by atoms with E-state index in [1.807, 2.05) is 12.1 Å². The number of rotatable bonds is 4. The molecule has 0 amide bonds. The average Bonchev–Trinajstić information content (AvgIpc) is 2.71. The Morgan fingerprint density at radius 1 is 1.24 bits per heavy atom. The van der Waals surface area contributed by atoms with Crippen LogP contribution in [0.3, 0.4) is 0 Å². The number of carbonyl (C=O) groups excluding carboxylic acids is 1. The fourth-order valence-corrected chi connectivity index (χ4v) is 2.97. The van der Waals surface area contributed by atoms with Gasteiger partial charge >= 0.3 is 5.97 Å². The van der Waals surface area contributed by atoms with Crippen molar-refractivity contribution < 1.29 is 9.53 Å². The van der Waals surface area contributed by atoms with Crippen molar-refractivity contribution in [1.82, 2.24) is 5.32 Å². The maximum Gasteiger partial charge on any atom is 0.335 e. The summed E-state index contributed by atoms with van der Waals surface area (Å²) in [6.07, 6.45) is 4.88. The topological polar surface area (TPSA) is 38.3 Å². The predicted octanol–water partition coefficient (Wildman–Crippen LogP) is 4.47. The van der Waals surface area contributed by atoms with Gasteiger partial charge in [-0.25, -0.2) is 4.79 Å². The van der Waals surface area contributed by atoms with Gasteiger partial charge in [-0.3, -0.25) is 0 Å². The summed E-state index contributed by atoms with van der Waals surface area (Å²) in [4.78, 5) is 11.9. The van der Waals surface area contributed by atoms with Gasteiger partial charge in [-0.2, -0.15) is 0 Å². The van der Waals surface area contributed by atoms with E-state index in [4.69, 9.17) is 27.9 Å². The number of ether oxygens (including phenoxy) is 1. The second-order valence-electron chi connectivity index (χ2n) is 5.10. The number of methoxy groups -OCH3 is 1. The lowest BCUT2D eigenvalue weighted by molar-refractivity contribution is -0.136. The fraction of sp³-hybridized carbons (Fsp3) is 0.438. The Kier molecular flexibility index (Phi) is 5.95. The minimum atomic E-state index is -0.235. The monoisotopic (exact) mass is 327 g/mol. The van der Waals surface area contributed by atoms with E-state index in [0.717, 1.165) is 48.9 Å². The third-order valence-electron chi connectivity index (χ3n) is 3.66. The number of nitrogens with one attached hydrogen (secondary N) is 1. The van der Waals surface area contributed by atoms with Crippen molar-refractivity contribution in [2.45, 2.75) is 38.6 Å². The van der Waals surface area contributed by atoms with Gasteiger partial charge in [0.25, 0.3) is 0 Å². The summed E-state index contributed by atoms with van der Waals surface area (Å²) in [5, 5.41) is 4.60. The number of allylic oxidation sites excluding steroid dienone is 1. The Hall–Kier alpha value is -1.19. The predicted molar refractivity (Wildman–Crippen MR) is 85.4 cm³/mol. The standard InChI is InChI=1S/C16H19Cl2NO2/c1-21-16(20)13-5-3-2-4-6-15(13)19-10-11-7-8-12(17)9-14(11)18/h7-9,19H,2-6,10H2,1H3. The Morgan fingerprint density at radius 2 is 2.00 bits per heavy atom. The van der Waals surface area contributed by atoms with Gasteiger partial charge in [0, 0.05) is 22.3 Å². The van der Waals surface area contributed by atoms with Crippen LogP contribution >= 0.6 is 23.2 Å². The van der Waals surface area contributed by atoms with Crippen LogP contribution < -0.4 is 5.32 Å². The van der Waals surface area contributed by atoms with Gasteiger partial charge in [-0.05, 0) is 43.4 Å². The molecule has 0 saturated heterocycles. The van der Waals surface area contributed by atoms with Gasteiger partial charge in [0.05, 0.1) is 12.7 Å².